The Morgan fingerprint density at radius 3 is 1.58 bits per heavy atom. The van der Waals surface area contributed by atoms with E-state index >= 15 is 0 Å². The summed E-state index contributed by atoms with van der Waals surface area (Å²) in [5.41, 5.74) is 7.26. The molecular weight excluding hydrogens is 664 g/mol. The molecule has 0 spiro atoms. The first-order chi connectivity index (χ1) is 21.7. The van der Waals surface area contributed by atoms with Gasteiger partial charge in [0.1, 0.15) is 11.4 Å². The molecule has 0 aliphatic carbocycles. The number of alkyl halides is 1. The number of nitrogens with zero attached hydrogens (tertiary/aromatic N) is 4. The fourth-order valence-electron chi connectivity index (χ4n) is 4.63. The minimum absolute atomic E-state index is 0.00641. The molecule has 2 aromatic heterocycles. The molecule has 6 nitrogen and oxygen atoms in total. The van der Waals surface area contributed by atoms with Crippen LogP contribution in [0.25, 0.3) is 22.1 Å². The Morgan fingerprint density at radius 1 is 0.667 bits per heavy atom. The number of fused-ring (bicyclic) bond motifs is 2. The lowest BCUT2D eigenvalue weighted by atomic mass is 10.2. The van der Waals surface area contributed by atoms with Gasteiger partial charge in [0.2, 0.25) is 0 Å². The summed E-state index contributed by atoms with van der Waals surface area (Å²) < 4.78 is 3.55. The molecule has 0 bridgehead atoms. The number of hydrogen-bond donors (Lipinski definition) is 1. The second-order valence-corrected chi connectivity index (χ2v) is 12.4. The Hall–Kier alpha value is -3.66. The first-order valence-electron chi connectivity index (χ1n) is 14.7. The third-order valence-corrected chi connectivity index (χ3v) is 8.88. The molecule has 232 valence electrons. The number of rotatable bonds is 6. The molecule has 0 atom stereocenters. The molecule has 0 amide bonds. The van der Waals surface area contributed by atoms with Gasteiger partial charge in [0.15, 0.2) is 0 Å². The van der Waals surface area contributed by atoms with E-state index in [4.69, 9.17) is 0 Å². The van der Waals surface area contributed by atoms with Crippen molar-refractivity contribution in [3.63, 3.8) is 0 Å². The molecule has 0 saturated heterocycles. The van der Waals surface area contributed by atoms with Crippen LogP contribution < -0.4 is 11.1 Å². The standard InChI is InChI=1S/C18H18N2OS.C11H11BrN2O.C7H8S/c1-3-20-17-7-5-4-6-15(17)19-16(18(20)21)12-22-14-10-8-13(2)9-11-14;1-2-14-10-6-4-3-5-8(10)13-9(7-12)11(14)15;1-6-2-4-7(8)5-3-6/h4-11H,3,12H2,1-2H3;3-6H,2,7H2,1H3;2-5,8H,1H3. The lowest BCUT2D eigenvalue weighted by Crippen LogP contribution is -2.24. The third-order valence-electron chi connectivity index (χ3n) is 7.03. The van der Waals surface area contributed by atoms with Crippen molar-refractivity contribution >= 4 is 62.4 Å². The van der Waals surface area contributed by atoms with Gasteiger partial charge in [0, 0.05) is 28.6 Å². The Labute approximate surface area is 282 Å². The predicted octanol–water partition coefficient (Wildman–Crippen LogP) is 8.61. The van der Waals surface area contributed by atoms with E-state index in [1.54, 1.807) is 20.9 Å². The zero-order valence-electron chi connectivity index (χ0n) is 25.9. The van der Waals surface area contributed by atoms with Crippen LogP contribution in [0.1, 0.15) is 36.4 Å². The molecule has 0 saturated carbocycles. The Morgan fingerprint density at radius 2 is 1.11 bits per heavy atom. The van der Waals surface area contributed by atoms with Gasteiger partial charge in [-0.1, -0.05) is 75.6 Å². The summed E-state index contributed by atoms with van der Waals surface area (Å²) in [5, 5.41) is 0.497. The van der Waals surface area contributed by atoms with Gasteiger partial charge in [0.05, 0.1) is 27.4 Å². The van der Waals surface area contributed by atoms with Crippen LogP contribution in [0.4, 0.5) is 0 Å². The van der Waals surface area contributed by atoms with Crippen molar-refractivity contribution in [3.8, 4) is 0 Å². The number of halogens is 1. The monoisotopic (exact) mass is 700 g/mol. The van der Waals surface area contributed by atoms with E-state index in [2.05, 4.69) is 76.6 Å². The normalized spacial score (nSPS) is 10.6. The highest BCUT2D eigenvalue weighted by atomic mass is 79.9. The number of para-hydroxylation sites is 4. The molecule has 2 heterocycles. The zero-order valence-corrected chi connectivity index (χ0v) is 29.2. The summed E-state index contributed by atoms with van der Waals surface area (Å²) in [6, 6.07) is 31.9. The third kappa shape index (κ3) is 8.96. The predicted molar refractivity (Wildman–Crippen MR) is 195 cm³/mol. The van der Waals surface area contributed by atoms with Crippen molar-refractivity contribution in [1.82, 2.24) is 19.1 Å². The lowest BCUT2D eigenvalue weighted by molar-refractivity contribution is 0.743. The number of aryl methyl sites for hydroxylation is 4. The molecule has 0 N–H and O–H groups in total. The highest BCUT2D eigenvalue weighted by molar-refractivity contribution is 9.08. The van der Waals surface area contributed by atoms with E-state index in [-0.39, 0.29) is 11.1 Å². The van der Waals surface area contributed by atoms with Gasteiger partial charge in [-0.15, -0.1) is 24.4 Å². The summed E-state index contributed by atoms with van der Waals surface area (Å²) in [6.45, 7) is 9.41. The van der Waals surface area contributed by atoms with Gasteiger partial charge in [-0.25, -0.2) is 9.97 Å². The van der Waals surface area contributed by atoms with Gasteiger partial charge in [0.25, 0.3) is 11.1 Å². The summed E-state index contributed by atoms with van der Waals surface area (Å²) >= 11 is 9.06. The Kier molecular flexibility index (Phi) is 12.6. The minimum atomic E-state index is -0.00641. The van der Waals surface area contributed by atoms with E-state index in [0.717, 1.165) is 31.9 Å². The maximum absolute atomic E-state index is 12.6. The fraction of sp³-hybridized carbons (Fsp3) is 0.222. The molecule has 0 unspecified atom stereocenters. The van der Waals surface area contributed by atoms with Crippen LogP contribution in [0, 0.1) is 13.8 Å². The number of thiol groups is 1. The number of thioether (sulfide) groups is 1. The first kappa shape index (κ1) is 34.2. The summed E-state index contributed by atoms with van der Waals surface area (Å²) in [6.07, 6.45) is 0. The quantitative estimate of drug-likeness (QED) is 0.107. The number of aromatic nitrogens is 4. The highest BCUT2D eigenvalue weighted by Crippen LogP contribution is 2.22. The van der Waals surface area contributed by atoms with Crippen LogP contribution in [-0.2, 0) is 24.2 Å². The molecule has 9 heteroatoms. The Bertz CT molecular complexity index is 1970. The van der Waals surface area contributed by atoms with Gasteiger partial charge in [-0.3, -0.25) is 9.59 Å². The maximum atomic E-state index is 12.6. The van der Waals surface area contributed by atoms with Crippen molar-refractivity contribution < 1.29 is 0 Å². The minimum Gasteiger partial charge on any atom is -0.305 e. The van der Waals surface area contributed by atoms with Crippen LogP contribution in [-0.4, -0.2) is 19.1 Å². The molecular formula is C36H37BrN4O2S2. The zero-order chi connectivity index (χ0) is 32.3. The SMILES string of the molecule is CCn1c(=O)c(CBr)nc2ccccc21.CCn1c(=O)c(CSc2ccc(C)cc2)nc2ccccc21.Cc1ccc(S)cc1. The Balaban J connectivity index is 0.000000172. The van der Waals surface area contributed by atoms with Gasteiger partial charge < -0.3 is 9.13 Å². The van der Waals surface area contributed by atoms with Gasteiger partial charge >= 0.3 is 0 Å². The van der Waals surface area contributed by atoms with Crippen molar-refractivity contribution in [3.05, 3.63) is 140 Å². The second-order valence-electron chi connectivity index (χ2n) is 10.3. The molecule has 6 aromatic rings. The molecule has 4 aromatic carbocycles. The topological polar surface area (TPSA) is 69.8 Å². The van der Waals surface area contributed by atoms with Gasteiger partial charge in [-0.05, 0) is 76.2 Å². The van der Waals surface area contributed by atoms with E-state index in [1.807, 2.05) is 86.6 Å². The van der Waals surface area contributed by atoms with Crippen LogP contribution in [0.15, 0.2) is 116 Å². The van der Waals surface area contributed by atoms with Crippen LogP contribution in [0.3, 0.4) is 0 Å². The largest absolute Gasteiger partial charge is 0.305 e. The fourth-order valence-corrected chi connectivity index (χ4v) is 5.96. The molecule has 0 aliphatic heterocycles. The van der Waals surface area contributed by atoms with E-state index in [1.165, 1.54) is 11.1 Å². The molecule has 6 rings (SSSR count). The second kappa shape index (κ2) is 16.6. The van der Waals surface area contributed by atoms with Gasteiger partial charge in [-0.2, -0.15) is 0 Å². The van der Waals surface area contributed by atoms with Crippen LogP contribution in [0.5, 0.6) is 0 Å². The summed E-state index contributed by atoms with van der Waals surface area (Å²) in [7, 11) is 0. The van der Waals surface area contributed by atoms with Crippen LogP contribution >= 0.6 is 40.3 Å². The lowest BCUT2D eigenvalue weighted by Gasteiger charge is -2.10. The molecule has 0 fully saturated rings. The molecule has 0 aliphatic rings. The molecule has 45 heavy (non-hydrogen) atoms. The van der Waals surface area contributed by atoms with Crippen molar-refractivity contribution in [2.45, 2.75) is 61.7 Å². The van der Waals surface area contributed by atoms with Crippen LogP contribution in [0.2, 0.25) is 0 Å². The summed E-state index contributed by atoms with van der Waals surface area (Å²) in [4.78, 5) is 35.6. The van der Waals surface area contributed by atoms with Crippen molar-refractivity contribution in [2.75, 3.05) is 0 Å². The summed E-state index contributed by atoms with van der Waals surface area (Å²) in [5.74, 6) is 0.590. The van der Waals surface area contributed by atoms with Crippen molar-refractivity contribution in [1.29, 1.82) is 0 Å². The first-order valence-corrected chi connectivity index (χ1v) is 17.3. The van der Waals surface area contributed by atoms with Crippen molar-refractivity contribution in [2.24, 2.45) is 0 Å². The molecule has 0 radical (unpaired) electrons. The average Bonchev–Trinajstić information content (AvgIpc) is 3.06. The highest BCUT2D eigenvalue weighted by Gasteiger charge is 2.10. The van der Waals surface area contributed by atoms with E-state index in [0.29, 0.717) is 35.6 Å². The number of benzene rings is 4. The number of hydrogen-bond acceptors (Lipinski definition) is 6. The van der Waals surface area contributed by atoms with E-state index < -0.39 is 0 Å². The van der Waals surface area contributed by atoms with E-state index in [9.17, 15) is 9.59 Å². The smallest absolute Gasteiger partial charge is 0.273 e. The maximum Gasteiger partial charge on any atom is 0.273 e. The average molecular weight is 702 g/mol.